The molecule has 0 saturated heterocycles. The Kier molecular flexibility index (Phi) is 2.41. The van der Waals surface area contributed by atoms with Gasteiger partial charge in [0.25, 0.3) is 0 Å². The lowest BCUT2D eigenvalue weighted by Gasteiger charge is -1.99. The zero-order chi connectivity index (χ0) is 11.8. The number of hydrogen-bond donors (Lipinski definition) is 1. The quantitative estimate of drug-likeness (QED) is 0.643. The highest BCUT2D eigenvalue weighted by Crippen LogP contribution is 2.25. The largest absolute Gasteiger partial charge is 0.306 e. The fraction of sp³-hybridized carbons (Fsp3) is 0.0714. The summed E-state index contributed by atoms with van der Waals surface area (Å²) in [5, 5.41) is 0. The summed E-state index contributed by atoms with van der Waals surface area (Å²) in [6.07, 6.45) is 4.12. The minimum absolute atomic E-state index is 0.952. The highest BCUT2D eigenvalue weighted by molar-refractivity contribution is 7.80. The lowest BCUT2D eigenvalue weighted by atomic mass is 10.2. The van der Waals surface area contributed by atoms with Crippen molar-refractivity contribution in [1.82, 2.24) is 9.38 Å². The van der Waals surface area contributed by atoms with Crippen LogP contribution in [-0.2, 0) is 0 Å². The number of thiol groups is 1. The van der Waals surface area contributed by atoms with E-state index in [1.54, 1.807) is 0 Å². The second kappa shape index (κ2) is 3.93. The van der Waals surface area contributed by atoms with Crippen LogP contribution in [0.25, 0.3) is 16.9 Å². The normalized spacial score (nSPS) is 10.9. The molecule has 3 heteroatoms. The molecule has 0 amide bonds. The molecule has 3 aromatic rings. The zero-order valence-corrected chi connectivity index (χ0v) is 10.4. The Morgan fingerprint density at radius 3 is 2.71 bits per heavy atom. The van der Waals surface area contributed by atoms with E-state index < -0.39 is 0 Å². The number of imidazole rings is 1. The van der Waals surface area contributed by atoms with Gasteiger partial charge in [0, 0.05) is 22.9 Å². The van der Waals surface area contributed by atoms with Gasteiger partial charge in [-0.2, -0.15) is 0 Å². The number of fused-ring (bicyclic) bond motifs is 1. The van der Waals surface area contributed by atoms with Gasteiger partial charge in [-0.25, -0.2) is 4.98 Å². The van der Waals surface area contributed by atoms with Gasteiger partial charge in [0.2, 0.25) is 0 Å². The lowest BCUT2D eigenvalue weighted by molar-refractivity contribution is 1.16. The lowest BCUT2D eigenvalue weighted by Crippen LogP contribution is -1.82. The number of rotatable bonds is 1. The molecule has 0 aliphatic rings. The van der Waals surface area contributed by atoms with Gasteiger partial charge in [0.1, 0.15) is 5.65 Å². The fourth-order valence-corrected chi connectivity index (χ4v) is 2.20. The molecule has 0 bridgehead atoms. The van der Waals surface area contributed by atoms with Gasteiger partial charge in [-0.3, -0.25) is 0 Å². The molecule has 0 N–H and O–H groups in total. The van der Waals surface area contributed by atoms with Gasteiger partial charge < -0.3 is 4.40 Å². The summed E-state index contributed by atoms with van der Waals surface area (Å²) in [5.41, 5.74) is 4.21. The van der Waals surface area contributed by atoms with Crippen molar-refractivity contribution in [2.24, 2.45) is 0 Å². The first kappa shape index (κ1) is 10.4. The number of hydrogen-bond acceptors (Lipinski definition) is 2. The van der Waals surface area contributed by atoms with E-state index in [9.17, 15) is 0 Å². The van der Waals surface area contributed by atoms with E-state index in [-0.39, 0.29) is 0 Å². The smallest absolute Gasteiger partial charge is 0.137 e. The average molecular weight is 240 g/mol. The standard InChI is InChI=1S/C14H12N2S/c1-10-6-7-14-15-12(9-16(14)8-10)11-4-2-3-5-13(11)17/h2-9,17H,1H3. The SMILES string of the molecule is Cc1ccc2nc(-c3ccccc3S)cn2c1. The van der Waals surface area contributed by atoms with E-state index in [4.69, 9.17) is 0 Å². The van der Waals surface area contributed by atoms with Gasteiger partial charge in [-0.05, 0) is 24.6 Å². The molecular weight excluding hydrogens is 228 g/mol. The first-order valence-corrected chi connectivity index (χ1v) is 5.92. The molecule has 17 heavy (non-hydrogen) atoms. The van der Waals surface area contributed by atoms with Gasteiger partial charge >= 0.3 is 0 Å². The third-order valence-corrected chi connectivity index (χ3v) is 3.17. The van der Waals surface area contributed by atoms with Crippen LogP contribution < -0.4 is 0 Å². The molecule has 84 valence electrons. The van der Waals surface area contributed by atoms with Crippen LogP contribution in [0.1, 0.15) is 5.56 Å². The molecule has 3 rings (SSSR count). The number of nitrogens with zero attached hydrogens (tertiary/aromatic N) is 2. The number of aryl methyl sites for hydroxylation is 1. The van der Waals surface area contributed by atoms with Crippen LogP contribution in [0.4, 0.5) is 0 Å². The monoisotopic (exact) mass is 240 g/mol. The molecule has 0 atom stereocenters. The third-order valence-electron chi connectivity index (χ3n) is 2.78. The van der Waals surface area contributed by atoms with E-state index >= 15 is 0 Å². The predicted molar refractivity (Wildman–Crippen MR) is 72.6 cm³/mol. The van der Waals surface area contributed by atoms with Crippen LogP contribution in [-0.4, -0.2) is 9.38 Å². The van der Waals surface area contributed by atoms with Crippen LogP contribution >= 0.6 is 12.6 Å². The maximum absolute atomic E-state index is 4.60. The van der Waals surface area contributed by atoms with E-state index in [1.807, 2.05) is 40.9 Å². The number of benzene rings is 1. The van der Waals surface area contributed by atoms with Crippen LogP contribution in [0.2, 0.25) is 0 Å². The van der Waals surface area contributed by atoms with Crippen molar-refractivity contribution in [1.29, 1.82) is 0 Å². The molecule has 0 unspecified atom stereocenters. The first-order chi connectivity index (χ1) is 8.24. The second-order valence-electron chi connectivity index (χ2n) is 4.12. The van der Waals surface area contributed by atoms with Crippen molar-refractivity contribution >= 4 is 18.3 Å². The topological polar surface area (TPSA) is 17.3 Å². The van der Waals surface area contributed by atoms with Crippen molar-refractivity contribution in [2.45, 2.75) is 11.8 Å². The van der Waals surface area contributed by atoms with Gasteiger partial charge in [0.05, 0.1) is 5.69 Å². The molecule has 1 aromatic carbocycles. The van der Waals surface area contributed by atoms with Crippen molar-refractivity contribution < 1.29 is 0 Å². The Labute approximate surface area is 105 Å². The second-order valence-corrected chi connectivity index (χ2v) is 4.60. The number of pyridine rings is 1. The first-order valence-electron chi connectivity index (χ1n) is 5.48. The molecule has 2 aromatic heterocycles. The molecule has 0 radical (unpaired) electrons. The van der Waals surface area contributed by atoms with Crippen LogP contribution in [0.5, 0.6) is 0 Å². The van der Waals surface area contributed by atoms with E-state index in [0.717, 1.165) is 21.8 Å². The fourth-order valence-electron chi connectivity index (χ4n) is 1.92. The molecule has 2 heterocycles. The average Bonchev–Trinajstić information content (AvgIpc) is 2.72. The maximum Gasteiger partial charge on any atom is 0.137 e. The van der Waals surface area contributed by atoms with Crippen LogP contribution in [0.15, 0.2) is 53.7 Å². The summed E-state index contributed by atoms with van der Waals surface area (Å²) < 4.78 is 2.05. The Balaban J connectivity index is 2.22. The minimum Gasteiger partial charge on any atom is -0.306 e. The number of aromatic nitrogens is 2. The Hall–Kier alpha value is -1.74. The van der Waals surface area contributed by atoms with Gasteiger partial charge in [-0.1, -0.05) is 24.3 Å². The van der Waals surface area contributed by atoms with Crippen molar-refractivity contribution in [3.63, 3.8) is 0 Å². The summed E-state index contributed by atoms with van der Waals surface area (Å²) in [6.45, 7) is 2.08. The molecular formula is C14H12N2S. The third kappa shape index (κ3) is 1.83. The summed E-state index contributed by atoms with van der Waals surface area (Å²) in [5.74, 6) is 0. The van der Waals surface area contributed by atoms with Gasteiger partial charge in [-0.15, -0.1) is 12.6 Å². The predicted octanol–water partition coefficient (Wildman–Crippen LogP) is 3.60. The molecule has 2 nitrogen and oxygen atoms in total. The van der Waals surface area contributed by atoms with E-state index in [2.05, 4.69) is 36.8 Å². The minimum atomic E-state index is 0.952. The summed E-state index contributed by atoms with van der Waals surface area (Å²) in [6, 6.07) is 12.1. The van der Waals surface area contributed by atoms with Gasteiger partial charge in [0.15, 0.2) is 0 Å². The van der Waals surface area contributed by atoms with Crippen molar-refractivity contribution in [3.05, 3.63) is 54.4 Å². The van der Waals surface area contributed by atoms with Crippen LogP contribution in [0.3, 0.4) is 0 Å². The van der Waals surface area contributed by atoms with Crippen molar-refractivity contribution in [2.75, 3.05) is 0 Å². The Morgan fingerprint density at radius 2 is 1.88 bits per heavy atom. The highest BCUT2D eigenvalue weighted by Gasteiger charge is 2.06. The van der Waals surface area contributed by atoms with E-state index in [1.165, 1.54) is 5.56 Å². The molecule has 0 aliphatic carbocycles. The van der Waals surface area contributed by atoms with E-state index in [0.29, 0.717) is 0 Å². The molecule has 0 saturated carbocycles. The zero-order valence-electron chi connectivity index (χ0n) is 9.46. The maximum atomic E-state index is 4.60. The summed E-state index contributed by atoms with van der Waals surface area (Å²) in [4.78, 5) is 5.55. The summed E-state index contributed by atoms with van der Waals surface area (Å²) in [7, 11) is 0. The Morgan fingerprint density at radius 1 is 1.06 bits per heavy atom. The van der Waals surface area contributed by atoms with Crippen molar-refractivity contribution in [3.8, 4) is 11.3 Å². The molecule has 0 aliphatic heterocycles. The molecule has 0 fully saturated rings. The summed E-state index contributed by atoms with van der Waals surface area (Å²) >= 11 is 4.46. The van der Waals surface area contributed by atoms with Crippen LogP contribution in [0, 0.1) is 6.92 Å². The molecule has 0 spiro atoms. The Bertz CT molecular complexity index is 686. The highest BCUT2D eigenvalue weighted by atomic mass is 32.1.